The summed E-state index contributed by atoms with van der Waals surface area (Å²) in [6.07, 6.45) is 0. The smallest absolute Gasteiger partial charge is 0.177 e. The average Bonchev–Trinajstić information content (AvgIpc) is 2.07. The maximum Gasteiger partial charge on any atom is 0.177 e. The van der Waals surface area contributed by atoms with Crippen molar-refractivity contribution in [1.82, 2.24) is 4.90 Å². The number of ketones is 1. The number of benzene rings is 1. The maximum atomic E-state index is 11.5. The molecule has 2 nitrogen and oxygen atoms in total. The number of halogens is 1. The van der Waals surface area contributed by atoms with Gasteiger partial charge in [0.2, 0.25) is 0 Å². The van der Waals surface area contributed by atoms with Crippen molar-refractivity contribution in [2.45, 2.75) is 6.54 Å². The molecule has 2 rings (SSSR count). The lowest BCUT2D eigenvalue weighted by molar-refractivity contribution is 0.0923. The van der Waals surface area contributed by atoms with Crippen molar-refractivity contribution in [2.24, 2.45) is 0 Å². The number of carbonyl (C=O) groups is 1. The summed E-state index contributed by atoms with van der Waals surface area (Å²) in [7, 11) is 1.92. The van der Waals surface area contributed by atoms with Gasteiger partial charge in [0, 0.05) is 17.1 Å². The molecule has 0 bridgehead atoms. The predicted octanol–water partition coefficient (Wildman–Crippen LogP) is 1.97. The van der Waals surface area contributed by atoms with Gasteiger partial charge in [-0.05, 0) is 18.7 Å². The summed E-state index contributed by atoms with van der Waals surface area (Å²) in [6, 6.07) is 5.49. The van der Waals surface area contributed by atoms with Gasteiger partial charge in [0.25, 0.3) is 0 Å². The Labute approximate surface area is 82.1 Å². The zero-order chi connectivity index (χ0) is 9.42. The molecule has 0 saturated heterocycles. The SMILES string of the molecule is CN1CC(=O)c2cccc(Cl)c2C1. The largest absolute Gasteiger partial charge is 0.294 e. The second-order valence-electron chi connectivity index (χ2n) is 3.36. The molecule has 0 atom stereocenters. The quantitative estimate of drug-likeness (QED) is 0.631. The fourth-order valence-electron chi connectivity index (χ4n) is 1.64. The molecule has 1 heterocycles. The van der Waals surface area contributed by atoms with Crippen LogP contribution in [-0.4, -0.2) is 24.3 Å². The number of carbonyl (C=O) groups excluding carboxylic acids is 1. The lowest BCUT2D eigenvalue weighted by atomic mass is 9.99. The molecular formula is C10H10ClNO. The topological polar surface area (TPSA) is 20.3 Å². The first-order chi connectivity index (χ1) is 6.18. The molecule has 3 heteroatoms. The van der Waals surface area contributed by atoms with E-state index in [4.69, 9.17) is 11.6 Å². The highest BCUT2D eigenvalue weighted by Crippen LogP contribution is 2.25. The summed E-state index contributed by atoms with van der Waals surface area (Å²) >= 11 is 5.99. The van der Waals surface area contributed by atoms with Gasteiger partial charge in [0.1, 0.15) is 0 Å². The van der Waals surface area contributed by atoms with Gasteiger partial charge in [-0.3, -0.25) is 9.69 Å². The lowest BCUT2D eigenvalue weighted by Crippen LogP contribution is -2.31. The minimum Gasteiger partial charge on any atom is -0.294 e. The van der Waals surface area contributed by atoms with Gasteiger partial charge in [-0.25, -0.2) is 0 Å². The molecule has 68 valence electrons. The van der Waals surface area contributed by atoms with Gasteiger partial charge < -0.3 is 0 Å². The van der Waals surface area contributed by atoms with Crippen LogP contribution in [0.25, 0.3) is 0 Å². The zero-order valence-electron chi connectivity index (χ0n) is 7.38. The van der Waals surface area contributed by atoms with Crippen molar-refractivity contribution in [3.05, 3.63) is 34.3 Å². The van der Waals surface area contributed by atoms with E-state index in [1.54, 1.807) is 0 Å². The molecule has 13 heavy (non-hydrogen) atoms. The number of fused-ring (bicyclic) bond motifs is 1. The van der Waals surface area contributed by atoms with Gasteiger partial charge in [0.05, 0.1) is 6.54 Å². The van der Waals surface area contributed by atoms with Crippen molar-refractivity contribution >= 4 is 17.4 Å². The van der Waals surface area contributed by atoms with Gasteiger partial charge in [-0.15, -0.1) is 0 Å². The monoisotopic (exact) mass is 195 g/mol. The van der Waals surface area contributed by atoms with Crippen LogP contribution in [0.2, 0.25) is 5.02 Å². The van der Waals surface area contributed by atoms with Crippen LogP contribution in [0.4, 0.5) is 0 Å². The molecule has 1 aromatic carbocycles. The summed E-state index contributed by atoms with van der Waals surface area (Å²) in [4.78, 5) is 13.5. The van der Waals surface area contributed by atoms with E-state index in [2.05, 4.69) is 0 Å². The van der Waals surface area contributed by atoms with E-state index < -0.39 is 0 Å². The fraction of sp³-hybridized carbons (Fsp3) is 0.300. The van der Waals surface area contributed by atoms with E-state index in [0.717, 1.165) is 17.7 Å². The van der Waals surface area contributed by atoms with Crippen LogP contribution in [0.5, 0.6) is 0 Å². The standard InChI is InChI=1S/C10H10ClNO/c1-12-5-8-7(10(13)6-12)3-2-4-9(8)11/h2-4H,5-6H2,1H3. The summed E-state index contributed by atoms with van der Waals surface area (Å²) in [5, 5.41) is 0.692. The summed E-state index contributed by atoms with van der Waals surface area (Å²) in [5.41, 5.74) is 1.74. The molecule has 0 fully saturated rings. The van der Waals surface area contributed by atoms with Crippen LogP contribution in [0.15, 0.2) is 18.2 Å². The first-order valence-corrected chi connectivity index (χ1v) is 4.55. The van der Waals surface area contributed by atoms with E-state index in [9.17, 15) is 4.79 Å². The Balaban J connectivity index is 2.55. The van der Waals surface area contributed by atoms with Crippen LogP contribution in [0, 0.1) is 0 Å². The fourth-order valence-corrected chi connectivity index (χ4v) is 1.87. The summed E-state index contributed by atoms with van der Waals surface area (Å²) in [6.45, 7) is 1.26. The van der Waals surface area contributed by atoms with Crippen LogP contribution >= 0.6 is 11.6 Å². The Morgan fingerprint density at radius 2 is 2.15 bits per heavy atom. The van der Waals surface area contributed by atoms with E-state index in [0.29, 0.717) is 11.6 Å². The van der Waals surface area contributed by atoms with Crippen LogP contribution in [-0.2, 0) is 6.54 Å². The molecule has 0 unspecified atom stereocenters. The van der Waals surface area contributed by atoms with Crippen LogP contribution < -0.4 is 0 Å². The molecule has 0 aliphatic carbocycles. The minimum atomic E-state index is 0.159. The third kappa shape index (κ3) is 1.47. The normalized spacial score (nSPS) is 17.2. The number of Topliss-reactive ketones (excluding diaryl/α,β-unsaturated/α-hetero) is 1. The second kappa shape index (κ2) is 3.13. The first kappa shape index (κ1) is 8.73. The van der Waals surface area contributed by atoms with Gasteiger partial charge in [0.15, 0.2) is 5.78 Å². The molecule has 0 aromatic heterocycles. The molecule has 0 radical (unpaired) electrons. The molecule has 0 spiro atoms. The third-order valence-corrected chi connectivity index (χ3v) is 2.61. The Kier molecular flexibility index (Phi) is 2.10. The Hall–Kier alpha value is -0.860. The van der Waals surface area contributed by atoms with Crippen molar-refractivity contribution in [2.75, 3.05) is 13.6 Å². The predicted molar refractivity (Wildman–Crippen MR) is 52.1 cm³/mol. The number of likely N-dealkylation sites (N-methyl/N-ethyl adjacent to an activating group) is 1. The Bertz CT molecular complexity index is 362. The summed E-state index contributed by atoms with van der Waals surface area (Å²) in [5.74, 6) is 0.159. The first-order valence-electron chi connectivity index (χ1n) is 4.17. The zero-order valence-corrected chi connectivity index (χ0v) is 8.14. The molecular weight excluding hydrogens is 186 g/mol. The molecule has 0 saturated carbocycles. The number of hydrogen-bond donors (Lipinski definition) is 0. The highest BCUT2D eigenvalue weighted by Gasteiger charge is 2.21. The maximum absolute atomic E-state index is 11.5. The molecule has 1 aliphatic heterocycles. The van der Waals surface area contributed by atoms with Crippen molar-refractivity contribution in [3.8, 4) is 0 Å². The Morgan fingerprint density at radius 3 is 2.92 bits per heavy atom. The van der Waals surface area contributed by atoms with Gasteiger partial charge in [-0.1, -0.05) is 23.7 Å². The number of rotatable bonds is 0. The van der Waals surface area contributed by atoms with Gasteiger partial charge >= 0.3 is 0 Å². The van der Waals surface area contributed by atoms with Gasteiger partial charge in [-0.2, -0.15) is 0 Å². The van der Waals surface area contributed by atoms with Crippen molar-refractivity contribution in [3.63, 3.8) is 0 Å². The van der Waals surface area contributed by atoms with E-state index in [1.807, 2.05) is 30.1 Å². The van der Waals surface area contributed by atoms with E-state index in [1.165, 1.54) is 0 Å². The molecule has 0 N–H and O–H groups in total. The minimum absolute atomic E-state index is 0.159. The lowest BCUT2D eigenvalue weighted by Gasteiger charge is -2.24. The highest BCUT2D eigenvalue weighted by atomic mass is 35.5. The highest BCUT2D eigenvalue weighted by molar-refractivity contribution is 6.32. The molecule has 1 aliphatic rings. The molecule has 0 amide bonds. The average molecular weight is 196 g/mol. The van der Waals surface area contributed by atoms with Crippen LogP contribution in [0.1, 0.15) is 15.9 Å². The van der Waals surface area contributed by atoms with E-state index >= 15 is 0 Å². The summed E-state index contributed by atoms with van der Waals surface area (Å²) < 4.78 is 0. The Morgan fingerprint density at radius 1 is 1.38 bits per heavy atom. The van der Waals surface area contributed by atoms with Crippen LogP contribution in [0.3, 0.4) is 0 Å². The van der Waals surface area contributed by atoms with Crippen molar-refractivity contribution < 1.29 is 4.79 Å². The number of nitrogens with zero attached hydrogens (tertiary/aromatic N) is 1. The van der Waals surface area contributed by atoms with Crippen molar-refractivity contribution in [1.29, 1.82) is 0 Å². The second-order valence-corrected chi connectivity index (χ2v) is 3.77. The third-order valence-electron chi connectivity index (χ3n) is 2.26. The van der Waals surface area contributed by atoms with E-state index in [-0.39, 0.29) is 5.78 Å². The molecule has 1 aromatic rings. The number of hydrogen-bond acceptors (Lipinski definition) is 2.